The number of halogens is 1. The lowest BCUT2D eigenvalue weighted by atomic mass is 10.0. The predicted octanol–water partition coefficient (Wildman–Crippen LogP) is 3.96. The highest BCUT2D eigenvalue weighted by molar-refractivity contribution is 6.30. The molecule has 1 aromatic carbocycles. The van der Waals surface area contributed by atoms with Crippen LogP contribution in [-0.2, 0) is 0 Å². The van der Waals surface area contributed by atoms with E-state index in [-0.39, 0.29) is 0 Å². The lowest BCUT2D eigenvalue weighted by Crippen LogP contribution is -2.28. The summed E-state index contributed by atoms with van der Waals surface area (Å²) in [5.41, 5.74) is 1.23. The first-order chi connectivity index (χ1) is 7.17. The van der Waals surface area contributed by atoms with Crippen molar-refractivity contribution in [2.45, 2.75) is 32.4 Å². The van der Waals surface area contributed by atoms with E-state index in [2.05, 4.69) is 31.8 Å². The van der Waals surface area contributed by atoms with Gasteiger partial charge in [0.2, 0.25) is 0 Å². The Kier molecular flexibility index (Phi) is 4.86. The standard InChI is InChI=1S/C13H18ClN/c1-4-10(3)15-13(5-2)11-7-6-8-12(14)9-11/h4,6-10,13,15H,1,5H2,2-3H3. The molecule has 1 aromatic rings. The van der Waals surface area contributed by atoms with Crippen LogP contribution in [0.2, 0.25) is 5.02 Å². The molecule has 0 heterocycles. The maximum atomic E-state index is 5.97. The average Bonchev–Trinajstić information content (AvgIpc) is 2.25. The van der Waals surface area contributed by atoms with Gasteiger partial charge in [-0.1, -0.05) is 36.7 Å². The normalized spacial score (nSPS) is 14.6. The summed E-state index contributed by atoms with van der Waals surface area (Å²) in [6.07, 6.45) is 2.95. The van der Waals surface area contributed by atoms with Crippen molar-refractivity contribution in [2.75, 3.05) is 0 Å². The van der Waals surface area contributed by atoms with Gasteiger partial charge in [-0.25, -0.2) is 0 Å². The summed E-state index contributed by atoms with van der Waals surface area (Å²) in [6.45, 7) is 8.03. The average molecular weight is 224 g/mol. The lowest BCUT2D eigenvalue weighted by Gasteiger charge is -2.20. The topological polar surface area (TPSA) is 12.0 Å². The molecule has 0 aliphatic heterocycles. The van der Waals surface area contributed by atoms with Crippen molar-refractivity contribution < 1.29 is 0 Å². The molecule has 2 atom stereocenters. The predicted molar refractivity (Wildman–Crippen MR) is 67.3 cm³/mol. The molecule has 0 saturated carbocycles. The van der Waals surface area contributed by atoms with E-state index in [1.54, 1.807) is 0 Å². The van der Waals surface area contributed by atoms with Crippen LogP contribution in [0.25, 0.3) is 0 Å². The third kappa shape index (κ3) is 3.69. The Morgan fingerprint density at radius 3 is 2.80 bits per heavy atom. The second-order valence-corrected chi connectivity index (χ2v) is 4.14. The first-order valence-corrected chi connectivity index (χ1v) is 5.69. The van der Waals surface area contributed by atoms with E-state index in [1.165, 1.54) is 5.56 Å². The molecule has 2 heteroatoms. The van der Waals surface area contributed by atoms with Gasteiger partial charge >= 0.3 is 0 Å². The summed E-state index contributed by atoms with van der Waals surface area (Å²) in [5, 5.41) is 4.27. The molecule has 1 nitrogen and oxygen atoms in total. The van der Waals surface area contributed by atoms with E-state index in [1.807, 2.05) is 24.3 Å². The number of hydrogen-bond acceptors (Lipinski definition) is 1. The highest BCUT2D eigenvalue weighted by Gasteiger charge is 2.10. The number of benzene rings is 1. The number of rotatable bonds is 5. The molecular weight excluding hydrogens is 206 g/mol. The third-order valence-corrected chi connectivity index (χ3v) is 2.71. The van der Waals surface area contributed by atoms with Crippen LogP contribution < -0.4 is 5.32 Å². The van der Waals surface area contributed by atoms with Crippen LogP contribution in [-0.4, -0.2) is 6.04 Å². The molecule has 0 fully saturated rings. The Labute approximate surface area is 97.1 Å². The van der Waals surface area contributed by atoms with Gasteiger partial charge in [0.05, 0.1) is 0 Å². The maximum absolute atomic E-state index is 5.97. The molecule has 0 aromatic heterocycles. The van der Waals surface area contributed by atoms with Crippen molar-refractivity contribution in [3.8, 4) is 0 Å². The van der Waals surface area contributed by atoms with E-state index >= 15 is 0 Å². The first-order valence-electron chi connectivity index (χ1n) is 5.31. The molecule has 0 amide bonds. The van der Waals surface area contributed by atoms with Crippen molar-refractivity contribution in [3.63, 3.8) is 0 Å². The smallest absolute Gasteiger partial charge is 0.0409 e. The molecule has 0 aliphatic carbocycles. The van der Waals surface area contributed by atoms with E-state index in [4.69, 9.17) is 11.6 Å². The van der Waals surface area contributed by atoms with Crippen LogP contribution >= 0.6 is 11.6 Å². The Bertz CT molecular complexity index is 322. The van der Waals surface area contributed by atoms with Gasteiger partial charge in [0, 0.05) is 17.1 Å². The van der Waals surface area contributed by atoms with E-state index in [0.717, 1.165) is 11.4 Å². The molecule has 1 N–H and O–H groups in total. The zero-order chi connectivity index (χ0) is 11.3. The summed E-state index contributed by atoms with van der Waals surface area (Å²) >= 11 is 5.97. The highest BCUT2D eigenvalue weighted by atomic mass is 35.5. The Morgan fingerprint density at radius 2 is 2.27 bits per heavy atom. The van der Waals surface area contributed by atoms with Crippen molar-refractivity contribution in [3.05, 3.63) is 47.5 Å². The van der Waals surface area contributed by atoms with Crippen LogP contribution in [0.1, 0.15) is 31.9 Å². The fraction of sp³-hybridized carbons (Fsp3) is 0.385. The first kappa shape index (κ1) is 12.3. The minimum absolute atomic E-state index is 0.314. The fourth-order valence-electron chi connectivity index (χ4n) is 1.56. The van der Waals surface area contributed by atoms with Gasteiger partial charge in [0.25, 0.3) is 0 Å². The summed E-state index contributed by atoms with van der Waals surface area (Å²) in [6, 6.07) is 8.65. The van der Waals surface area contributed by atoms with Crippen molar-refractivity contribution in [1.82, 2.24) is 5.32 Å². The van der Waals surface area contributed by atoms with Crippen molar-refractivity contribution in [1.29, 1.82) is 0 Å². The van der Waals surface area contributed by atoms with Crippen molar-refractivity contribution in [2.24, 2.45) is 0 Å². The monoisotopic (exact) mass is 223 g/mol. The zero-order valence-electron chi connectivity index (χ0n) is 9.33. The van der Waals surface area contributed by atoms with E-state index < -0.39 is 0 Å². The molecule has 0 bridgehead atoms. The van der Waals surface area contributed by atoms with Crippen LogP contribution in [0.3, 0.4) is 0 Å². The minimum Gasteiger partial charge on any atom is -0.304 e. The van der Waals surface area contributed by atoms with Crippen molar-refractivity contribution >= 4 is 11.6 Å². The number of nitrogens with one attached hydrogen (secondary N) is 1. The minimum atomic E-state index is 0.314. The molecule has 0 spiro atoms. The molecule has 0 radical (unpaired) electrons. The molecule has 82 valence electrons. The van der Waals surface area contributed by atoms with Gasteiger partial charge in [-0.15, -0.1) is 6.58 Å². The molecule has 0 saturated heterocycles. The van der Waals surface area contributed by atoms with Gasteiger partial charge < -0.3 is 5.32 Å². The van der Waals surface area contributed by atoms with Gasteiger partial charge in [0.15, 0.2) is 0 Å². The quantitative estimate of drug-likeness (QED) is 0.746. The van der Waals surface area contributed by atoms with Crippen LogP contribution in [0.4, 0.5) is 0 Å². The Balaban J connectivity index is 2.78. The van der Waals surface area contributed by atoms with E-state index in [0.29, 0.717) is 12.1 Å². The van der Waals surface area contributed by atoms with Gasteiger partial charge in [-0.05, 0) is 31.0 Å². The SMILES string of the molecule is C=CC(C)NC(CC)c1cccc(Cl)c1. The van der Waals surface area contributed by atoms with Gasteiger partial charge in [-0.2, -0.15) is 0 Å². The summed E-state index contributed by atoms with van der Waals surface area (Å²) in [7, 11) is 0. The molecule has 2 unspecified atom stereocenters. The zero-order valence-corrected chi connectivity index (χ0v) is 10.1. The van der Waals surface area contributed by atoms with Gasteiger partial charge in [0.1, 0.15) is 0 Å². The Hall–Kier alpha value is -0.790. The van der Waals surface area contributed by atoms with Crippen LogP contribution in [0, 0.1) is 0 Å². The molecule has 0 aliphatic rings. The Morgan fingerprint density at radius 1 is 1.53 bits per heavy atom. The van der Waals surface area contributed by atoms with Crippen LogP contribution in [0.15, 0.2) is 36.9 Å². The van der Waals surface area contributed by atoms with Crippen LogP contribution in [0.5, 0.6) is 0 Å². The summed E-state index contributed by atoms with van der Waals surface area (Å²) < 4.78 is 0. The fourth-order valence-corrected chi connectivity index (χ4v) is 1.76. The second kappa shape index (κ2) is 5.94. The highest BCUT2D eigenvalue weighted by Crippen LogP contribution is 2.20. The van der Waals surface area contributed by atoms with Gasteiger partial charge in [-0.3, -0.25) is 0 Å². The summed E-state index contributed by atoms with van der Waals surface area (Å²) in [5.74, 6) is 0. The van der Waals surface area contributed by atoms with E-state index in [9.17, 15) is 0 Å². The third-order valence-electron chi connectivity index (χ3n) is 2.48. The summed E-state index contributed by atoms with van der Waals surface area (Å²) in [4.78, 5) is 0. The number of hydrogen-bond donors (Lipinski definition) is 1. The second-order valence-electron chi connectivity index (χ2n) is 3.71. The lowest BCUT2D eigenvalue weighted by molar-refractivity contribution is 0.490. The molecule has 1 rings (SSSR count). The molecule has 15 heavy (non-hydrogen) atoms. The molecular formula is C13H18ClN. The largest absolute Gasteiger partial charge is 0.304 e. The maximum Gasteiger partial charge on any atom is 0.0409 e.